The van der Waals surface area contributed by atoms with E-state index in [4.69, 9.17) is 9.29 Å². The second-order valence-corrected chi connectivity index (χ2v) is 13.8. The van der Waals surface area contributed by atoms with E-state index in [2.05, 4.69) is 26.1 Å². The molecule has 4 saturated carbocycles. The molecule has 4 fully saturated rings. The zero-order chi connectivity index (χ0) is 27.3. The van der Waals surface area contributed by atoms with Crippen LogP contribution in [0.15, 0.2) is 0 Å². The molecule has 11 atom stereocenters. The van der Waals surface area contributed by atoms with E-state index in [-0.39, 0.29) is 53.3 Å². The number of carbonyl (C=O) groups is 2. The summed E-state index contributed by atoms with van der Waals surface area (Å²) in [5.74, 6) is -1.32. The van der Waals surface area contributed by atoms with Crippen molar-refractivity contribution in [2.75, 3.05) is 6.54 Å². The van der Waals surface area contributed by atoms with E-state index in [1.165, 1.54) is 0 Å². The second-order valence-electron chi connectivity index (χ2n) is 12.7. The molecule has 0 aromatic heterocycles. The predicted molar refractivity (Wildman–Crippen MR) is 133 cm³/mol. The highest BCUT2D eigenvalue weighted by atomic mass is 32.3. The van der Waals surface area contributed by atoms with E-state index in [0.717, 1.165) is 19.3 Å². The second kappa shape index (κ2) is 10.4. The van der Waals surface area contributed by atoms with E-state index < -0.39 is 46.6 Å². The lowest BCUT2D eigenvalue weighted by atomic mass is 9.43. The van der Waals surface area contributed by atoms with Crippen molar-refractivity contribution in [1.82, 2.24) is 5.32 Å². The quantitative estimate of drug-likeness (QED) is 0.287. The highest BCUT2D eigenvalue weighted by Gasteiger charge is 2.66. The average molecular weight is 546 g/mol. The SMILES string of the molecule is C[C@H](CCC(=O)NCC(=O)O)[C@H]1CCC2C3C(C[C@H](O)[C@@]21C)[C@@]1(C)CC[C@@H](O)C[C@H]1C[C@H]3OS(=O)(=O)O. The molecule has 0 aromatic rings. The molecule has 4 aliphatic rings. The Kier molecular flexibility index (Phi) is 8.05. The van der Waals surface area contributed by atoms with Gasteiger partial charge in [0.15, 0.2) is 0 Å². The van der Waals surface area contributed by atoms with E-state index in [0.29, 0.717) is 32.1 Å². The standard InChI is InChI=1S/C26H43NO9S/c1-14(4-7-22(30)27-13-23(31)32)17-5-6-18-24-19(12-21(29)26(17,18)3)25(2)9-8-16(28)10-15(25)11-20(24)36-37(33,34)35/h14-21,24,28-29H,4-13H2,1-3H3,(H,27,30)(H,31,32)(H,33,34,35)/t14-,15+,16-,17-,18?,19?,20-,21+,24?,25+,26-/m1/s1. The summed E-state index contributed by atoms with van der Waals surface area (Å²) in [5.41, 5.74) is -0.659. The number of carboxylic acid groups (broad SMARTS) is 1. The highest BCUT2D eigenvalue weighted by Crippen LogP contribution is 2.68. The molecule has 4 aliphatic carbocycles. The molecule has 0 bridgehead atoms. The summed E-state index contributed by atoms with van der Waals surface area (Å²) in [5, 5.41) is 33.2. The molecule has 3 unspecified atom stereocenters. The van der Waals surface area contributed by atoms with Crippen LogP contribution in [0.2, 0.25) is 0 Å². The van der Waals surface area contributed by atoms with E-state index in [9.17, 15) is 32.8 Å². The molecule has 0 aromatic carbocycles. The molecule has 0 radical (unpaired) electrons. The van der Waals surface area contributed by atoms with E-state index in [1.54, 1.807) is 0 Å². The molecule has 0 spiro atoms. The van der Waals surface area contributed by atoms with Crippen LogP contribution in [0.4, 0.5) is 0 Å². The van der Waals surface area contributed by atoms with Crippen molar-refractivity contribution in [2.45, 2.75) is 96.9 Å². The number of fused-ring (bicyclic) bond motifs is 5. The number of amides is 1. The van der Waals surface area contributed by atoms with Gasteiger partial charge in [-0.1, -0.05) is 20.8 Å². The molecule has 212 valence electrons. The van der Waals surface area contributed by atoms with Gasteiger partial charge in [0.25, 0.3) is 0 Å². The summed E-state index contributed by atoms with van der Waals surface area (Å²) >= 11 is 0. The zero-order valence-corrected chi connectivity index (χ0v) is 22.8. The Morgan fingerprint density at radius 2 is 1.78 bits per heavy atom. The number of carbonyl (C=O) groups excluding carboxylic acids is 1. The first-order valence-electron chi connectivity index (χ1n) is 13.7. The fraction of sp³-hybridized carbons (Fsp3) is 0.923. The maximum Gasteiger partial charge on any atom is 0.397 e. The molecule has 5 N–H and O–H groups in total. The molecule has 0 saturated heterocycles. The van der Waals surface area contributed by atoms with Gasteiger partial charge in [-0.3, -0.25) is 14.1 Å². The van der Waals surface area contributed by atoms with Crippen molar-refractivity contribution < 1.29 is 42.1 Å². The Bertz CT molecular complexity index is 989. The maximum absolute atomic E-state index is 12.1. The molecule has 0 heterocycles. The van der Waals surface area contributed by atoms with Crippen LogP contribution in [0.1, 0.15) is 78.6 Å². The molecule has 1 amide bonds. The first-order valence-corrected chi connectivity index (χ1v) is 15.0. The summed E-state index contributed by atoms with van der Waals surface area (Å²) < 4.78 is 38.8. The minimum Gasteiger partial charge on any atom is -0.480 e. The fourth-order valence-corrected chi connectivity index (χ4v) is 9.70. The van der Waals surface area contributed by atoms with Crippen molar-refractivity contribution in [2.24, 2.45) is 46.3 Å². The van der Waals surface area contributed by atoms with Gasteiger partial charge in [0, 0.05) is 6.42 Å². The smallest absolute Gasteiger partial charge is 0.397 e. The number of hydrogen-bond acceptors (Lipinski definition) is 7. The van der Waals surface area contributed by atoms with Crippen LogP contribution in [0.3, 0.4) is 0 Å². The van der Waals surface area contributed by atoms with Crippen LogP contribution in [0.25, 0.3) is 0 Å². The third-order valence-electron chi connectivity index (χ3n) is 11.0. The third kappa shape index (κ3) is 5.44. The third-order valence-corrected chi connectivity index (χ3v) is 11.5. The van der Waals surface area contributed by atoms with Gasteiger partial charge in [-0.15, -0.1) is 0 Å². The number of carboxylic acids is 1. The first kappa shape index (κ1) is 28.7. The maximum atomic E-state index is 12.1. The molecular formula is C26H43NO9S. The summed E-state index contributed by atoms with van der Waals surface area (Å²) in [6.07, 6.45) is 3.63. The van der Waals surface area contributed by atoms with Gasteiger partial charge >= 0.3 is 16.4 Å². The molecule has 37 heavy (non-hydrogen) atoms. The number of aliphatic hydroxyl groups is 2. The van der Waals surface area contributed by atoms with Crippen LogP contribution in [-0.4, -0.2) is 65.0 Å². The van der Waals surface area contributed by atoms with Gasteiger partial charge < -0.3 is 20.6 Å². The van der Waals surface area contributed by atoms with Crippen LogP contribution < -0.4 is 5.32 Å². The van der Waals surface area contributed by atoms with Crippen molar-refractivity contribution in [3.05, 3.63) is 0 Å². The lowest BCUT2D eigenvalue weighted by Crippen LogP contribution is -2.63. The zero-order valence-electron chi connectivity index (χ0n) is 22.0. The minimum absolute atomic E-state index is 0.00841. The number of hydrogen-bond donors (Lipinski definition) is 5. The summed E-state index contributed by atoms with van der Waals surface area (Å²) in [4.78, 5) is 22.8. The topological polar surface area (TPSA) is 170 Å². The molecule has 10 nitrogen and oxygen atoms in total. The summed E-state index contributed by atoms with van der Waals surface area (Å²) in [7, 11) is -4.68. The Morgan fingerprint density at radius 3 is 2.43 bits per heavy atom. The van der Waals surface area contributed by atoms with Crippen molar-refractivity contribution in [3.8, 4) is 0 Å². The number of nitrogens with one attached hydrogen (secondary N) is 1. The van der Waals surface area contributed by atoms with Crippen LogP contribution in [-0.2, 0) is 24.2 Å². The largest absolute Gasteiger partial charge is 0.480 e. The van der Waals surface area contributed by atoms with Gasteiger partial charge in [-0.25, -0.2) is 4.18 Å². The number of aliphatic hydroxyl groups excluding tert-OH is 2. The van der Waals surface area contributed by atoms with Crippen LogP contribution in [0, 0.1) is 46.3 Å². The van der Waals surface area contributed by atoms with E-state index in [1.807, 2.05) is 0 Å². The summed E-state index contributed by atoms with van der Waals surface area (Å²) in [6.45, 7) is 5.95. The fourth-order valence-electron chi connectivity index (χ4n) is 9.18. The average Bonchev–Trinajstić information content (AvgIpc) is 3.15. The lowest BCUT2D eigenvalue weighted by Gasteiger charge is -2.63. The van der Waals surface area contributed by atoms with Gasteiger partial charge in [0.1, 0.15) is 6.54 Å². The number of aliphatic carboxylic acids is 1. The van der Waals surface area contributed by atoms with Crippen molar-refractivity contribution >= 4 is 22.3 Å². The van der Waals surface area contributed by atoms with Gasteiger partial charge in [0.05, 0.1) is 18.3 Å². The Morgan fingerprint density at radius 1 is 1.08 bits per heavy atom. The Labute approximate surface area is 219 Å². The van der Waals surface area contributed by atoms with Crippen molar-refractivity contribution in [1.29, 1.82) is 0 Å². The van der Waals surface area contributed by atoms with Gasteiger partial charge in [-0.05, 0) is 97.7 Å². The van der Waals surface area contributed by atoms with Crippen LogP contribution in [0.5, 0.6) is 0 Å². The monoisotopic (exact) mass is 545 g/mol. The first-order chi connectivity index (χ1) is 17.2. The van der Waals surface area contributed by atoms with Crippen LogP contribution >= 0.6 is 0 Å². The molecule has 0 aliphatic heterocycles. The Balaban J connectivity index is 1.58. The molecule has 11 heteroatoms. The van der Waals surface area contributed by atoms with Gasteiger partial charge in [-0.2, -0.15) is 8.42 Å². The lowest BCUT2D eigenvalue weighted by molar-refractivity contribution is -0.202. The predicted octanol–water partition coefficient (Wildman–Crippen LogP) is 2.39. The van der Waals surface area contributed by atoms with Gasteiger partial charge in [0.2, 0.25) is 5.91 Å². The van der Waals surface area contributed by atoms with E-state index >= 15 is 0 Å². The molecular weight excluding hydrogens is 502 g/mol. The Hall–Kier alpha value is -1.27. The van der Waals surface area contributed by atoms with Crippen molar-refractivity contribution in [3.63, 3.8) is 0 Å². The minimum atomic E-state index is -4.68. The normalized spacial score (nSPS) is 44.3. The number of rotatable bonds is 8. The summed E-state index contributed by atoms with van der Waals surface area (Å²) in [6, 6.07) is 0. The highest BCUT2D eigenvalue weighted by molar-refractivity contribution is 7.80. The molecule has 4 rings (SSSR count).